The van der Waals surface area contributed by atoms with Crippen LogP contribution in [0.1, 0.15) is 10.4 Å². The molecule has 0 bridgehead atoms. The van der Waals surface area contributed by atoms with Crippen molar-refractivity contribution in [3.8, 4) is 0 Å². The van der Waals surface area contributed by atoms with Gasteiger partial charge in [0, 0.05) is 5.02 Å². The monoisotopic (exact) mass is 330 g/mol. The van der Waals surface area contributed by atoms with E-state index in [-0.39, 0.29) is 9.92 Å². The molecule has 0 atom stereocenters. The summed E-state index contributed by atoms with van der Waals surface area (Å²) in [4.78, 5) is 11.7. The third-order valence-corrected chi connectivity index (χ3v) is 4.57. The summed E-state index contributed by atoms with van der Waals surface area (Å²) in [7, 11) is -4.03. The number of carbonyl (C=O) groups is 1. The van der Waals surface area contributed by atoms with Crippen molar-refractivity contribution >= 4 is 27.2 Å². The van der Waals surface area contributed by atoms with Gasteiger partial charge < -0.3 is 0 Å². The van der Waals surface area contributed by atoms with E-state index in [1.54, 1.807) is 0 Å². The Morgan fingerprint density at radius 3 is 2.19 bits per heavy atom. The zero-order valence-corrected chi connectivity index (χ0v) is 12.1. The summed E-state index contributed by atoms with van der Waals surface area (Å²) in [5.41, 5.74) is -0.858. The summed E-state index contributed by atoms with van der Waals surface area (Å²) in [6, 6.07) is 8.17. The molecule has 2 aromatic rings. The lowest BCUT2D eigenvalue weighted by molar-refractivity contribution is 0.101. The van der Waals surface area contributed by atoms with Crippen LogP contribution in [0.25, 0.3) is 0 Å². The molecule has 0 radical (unpaired) electrons. The van der Waals surface area contributed by atoms with Crippen LogP contribution in [0.2, 0.25) is 5.02 Å². The van der Waals surface area contributed by atoms with Crippen molar-refractivity contribution in [3.05, 3.63) is 64.7 Å². The minimum Gasteiger partial charge on any atom is -0.293 e. The fourth-order valence-electron chi connectivity index (χ4n) is 1.75. The van der Waals surface area contributed by atoms with Crippen molar-refractivity contribution < 1.29 is 22.0 Å². The molecule has 21 heavy (non-hydrogen) atoms. The van der Waals surface area contributed by atoms with Crippen molar-refractivity contribution in [1.82, 2.24) is 0 Å². The summed E-state index contributed by atoms with van der Waals surface area (Å²) in [6.45, 7) is 0. The first-order chi connectivity index (χ1) is 9.81. The second-order valence-corrected chi connectivity index (χ2v) is 6.66. The molecule has 0 saturated carbocycles. The molecule has 0 fully saturated rings. The van der Waals surface area contributed by atoms with E-state index in [0.29, 0.717) is 0 Å². The third-order valence-electron chi connectivity index (χ3n) is 2.72. The lowest BCUT2D eigenvalue weighted by Gasteiger charge is -2.06. The molecular weight excluding hydrogens is 322 g/mol. The van der Waals surface area contributed by atoms with E-state index < -0.39 is 38.6 Å². The average Bonchev–Trinajstić information content (AvgIpc) is 2.37. The lowest BCUT2D eigenvalue weighted by Crippen LogP contribution is -2.18. The highest BCUT2D eigenvalue weighted by Gasteiger charge is 2.25. The largest absolute Gasteiger partial charge is 0.293 e. The Morgan fingerprint density at radius 1 is 1.05 bits per heavy atom. The number of halogens is 3. The number of Topliss-reactive ketones (excluding diaryl/α,β-unsaturated/α-hetero) is 1. The van der Waals surface area contributed by atoms with Crippen molar-refractivity contribution in [2.45, 2.75) is 4.90 Å². The minimum atomic E-state index is -4.03. The van der Waals surface area contributed by atoms with Gasteiger partial charge in [0.15, 0.2) is 15.6 Å². The molecule has 0 amide bonds. The molecule has 0 heterocycles. The van der Waals surface area contributed by atoms with Crippen molar-refractivity contribution in [1.29, 1.82) is 0 Å². The normalized spacial score (nSPS) is 11.4. The van der Waals surface area contributed by atoms with Crippen LogP contribution >= 0.6 is 11.6 Å². The van der Waals surface area contributed by atoms with Crippen LogP contribution < -0.4 is 0 Å². The predicted octanol–water partition coefficient (Wildman–Crippen LogP) is 3.27. The summed E-state index contributed by atoms with van der Waals surface area (Å²) in [5, 5.41) is 0.181. The van der Waals surface area contributed by atoms with Gasteiger partial charge >= 0.3 is 0 Å². The Balaban J connectivity index is 2.35. The lowest BCUT2D eigenvalue weighted by atomic mass is 10.1. The molecule has 2 aromatic carbocycles. The molecule has 0 aliphatic rings. The molecule has 0 saturated heterocycles. The van der Waals surface area contributed by atoms with Crippen LogP contribution in [-0.4, -0.2) is 20.0 Å². The summed E-state index contributed by atoms with van der Waals surface area (Å²) in [5.74, 6) is -4.38. The number of hydrogen-bond donors (Lipinski definition) is 0. The molecule has 3 nitrogen and oxygen atoms in total. The zero-order valence-electron chi connectivity index (χ0n) is 10.5. The van der Waals surface area contributed by atoms with Crippen LogP contribution in [0.3, 0.4) is 0 Å². The van der Waals surface area contributed by atoms with Crippen LogP contribution in [0.5, 0.6) is 0 Å². The fourth-order valence-corrected chi connectivity index (χ4v) is 3.26. The van der Waals surface area contributed by atoms with Gasteiger partial charge in [0.05, 0.1) is 10.5 Å². The highest BCUT2D eigenvalue weighted by Crippen LogP contribution is 2.19. The van der Waals surface area contributed by atoms with Crippen molar-refractivity contribution in [2.75, 3.05) is 5.75 Å². The van der Waals surface area contributed by atoms with Gasteiger partial charge in [-0.1, -0.05) is 23.7 Å². The van der Waals surface area contributed by atoms with Gasteiger partial charge in [-0.3, -0.25) is 4.79 Å². The molecule has 7 heteroatoms. The quantitative estimate of drug-likeness (QED) is 0.808. The number of ketones is 1. The standard InChI is InChI=1S/C14H9ClF2O3S/c15-9-3-1-4-10(7-9)21(19,20)8-13(18)14-11(16)5-2-6-12(14)17/h1-7H,8H2. The first-order valence-corrected chi connectivity index (χ1v) is 7.80. The second kappa shape index (κ2) is 5.91. The fraction of sp³-hybridized carbons (Fsp3) is 0.0714. The van der Waals surface area contributed by atoms with E-state index in [2.05, 4.69) is 0 Å². The van der Waals surface area contributed by atoms with Gasteiger partial charge in [-0.2, -0.15) is 0 Å². The Hall–Kier alpha value is -1.79. The molecule has 0 aromatic heterocycles. The van der Waals surface area contributed by atoms with Gasteiger partial charge in [-0.15, -0.1) is 0 Å². The SMILES string of the molecule is O=C(CS(=O)(=O)c1cccc(Cl)c1)c1c(F)cccc1F. The van der Waals surface area contributed by atoms with E-state index in [9.17, 15) is 22.0 Å². The summed E-state index contributed by atoms with van der Waals surface area (Å²) >= 11 is 5.69. The topological polar surface area (TPSA) is 51.2 Å². The van der Waals surface area contributed by atoms with E-state index in [1.165, 1.54) is 24.3 Å². The minimum absolute atomic E-state index is 0.180. The van der Waals surface area contributed by atoms with E-state index in [0.717, 1.165) is 18.2 Å². The molecular formula is C14H9ClF2O3S. The van der Waals surface area contributed by atoms with Crippen LogP contribution in [-0.2, 0) is 9.84 Å². The average molecular weight is 331 g/mol. The maximum Gasteiger partial charge on any atom is 0.185 e. The van der Waals surface area contributed by atoms with E-state index >= 15 is 0 Å². The first kappa shape index (κ1) is 15.6. The Kier molecular flexibility index (Phi) is 4.39. The van der Waals surface area contributed by atoms with Gasteiger partial charge in [-0.05, 0) is 30.3 Å². The molecule has 0 spiro atoms. The Morgan fingerprint density at radius 2 is 1.62 bits per heavy atom. The zero-order chi connectivity index (χ0) is 15.6. The summed E-state index contributed by atoms with van der Waals surface area (Å²) < 4.78 is 51.1. The van der Waals surface area contributed by atoms with Crippen LogP contribution in [0.4, 0.5) is 8.78 Å². The molecule has 2 rings (SSSR count). The van der Waals surface area contributed by atoms with Gasteiger partial charge in [0.25, 0.3) is 0 Å². The van der Waals surface area contributed by atoms with Gasteiger partial charge in [0.1, 0.15) is 17.4 Å². The maximum absolute atomic E-state index is 13.5. The molecule has 0 aliphatic heterocycles. The molecule has 0 N–H and O–H groups in total. The molecule has 0 aliphatic carbocycles. The van der Waals surface area contributed by atoms with Crippen LogP contribution in [0.15, 0.2) is 47.4 Å². The van der Waals surface area contributed by atoms with Crippen molar-refractivity contribution in [2.24, 2.45) is 0 Å². The maximum atomic E-state index is 13.5. The predicted molar refractivity (Wildman–Crippen MR) is 74.2 cm³/mol. The van der Waals surface area contributed by atoms with Crippen molar-refractivity contribution in [3.63, 3.8) is 0 Å². The highest BCUT2D eigenvalue weighted by molar-refractivity contribution is 7.92. The third kappa shape index (κ3) is 3.46. The Labute approximate surface area is 125 Å². The van der Waals surface area contributed by atoms with Gasteiger partial charge in [0.2, 0.25) is 0 Å². The van der Waals surface area contributed by atoms with Crippen LogP contribution in [0, 0.1) is 11.6 Å². The molecule has 0 unspecified atom stereocenters. The highest BCUT2D eigenvalue weighted by atomic mass is 35.5. The van der Waals surface area contributed by atoms with E-state index in [1.807, 2.05) is 0 Å². The summed E-state index contributed by atoms with van der Waals surface area (Å²) in [6.07, 6.45) is 0. The number of carbonyl (C=O) groups excluding carboxylic acids is 1. The number of sulfone groups is 1. The number of benzene rings is 2. The Bertz CT molecular complexity index is 783. The van der Waals surface area contributed by atoms with Gasteiger partial charge in [-0.25, -0.2) is 17.2 Å². The molecule has 110 valence electrons. The number of rotatable bonds is 4. The van der Waals surface area contributed by atoms with E-state index in [4.69, 9.17) is 11.6 Å². The number of hydrogen-bond acceptors (Lipinski definition) is 3. The first-order valence-electron chi connectivity index (χ1n) is 5.77. The second-order valence-electron chi connectivity index (χ2n) is 4.24. The smallest absolute Gasteiger partial charge is 0.185 e.